The fourth-order valence-electron chi connectivity index (χ4n) is 3.72. The molecule has 0 unspecified atom stereocenters. The maximum absolute atomic E-state index is 13.1. The number of carboxylic acid groups (broad SMARTS) is 1. The normalized spacial score (nSPS) is 16.4. The van der Waals surface area contributed by atoms with Crippen molar-refractivity contribution in [2.75, 3.05) is 13.6 Å². The van der Waals surface area contributed by atoms with E-state index in [9.17, 15) is 29.1 Å². The first-order chi connectivity index (χ1) is 16.3. The summed E-state index contributed by atoms with van der Waals surface area (Å²) in [4.78, 5) is 62.9. The number of hydrogen-bond donors (Lipinski definition) is 4. The molecule has 0 bridgehead atoms. The van der Waals surface area contributed by atoms with Gasteiger partial charge in [-0.25, -0.2) is 4.79 Å². The Bertz CT molecular complexity index is 969. The molecule has 0 aliphatic carbocycles. The summed E-state index contributed by atoms with van der Waals surface area (Å²) in [6.07, 6.45) is 1.00. The Kier molecular flexibility index (Phi) is 10.1. The maximum atomic E-state index is 13.1. The number of carboxylic acids is 1. The van der Waals surface area contributed by atoms with Crippen LogP contribution in [0, 0.1) is 11.8 Å². The van der Waals surface area contributed by atoms with E-state index < -0.39 is 41.8 Å². The van der Waals surface area contributed by atoms with E-state index in [1.54, 1.807) is 24.3 Å². The van der Waals surface area contributed by atoms with Crippen LogP contribution in [-0.4, -0.2) is 71.3 Å². The van der Waals surface area contributed by atoms with Gasteiger partial charge < -0.3 is 26.0 Å². The highest BCUT2D eigenvalue weighted by atomic mass is 16.4. The third-order valence-corrected chi connectivity index (χ3v) is 5.52. The van der Waals surface area contributed by atoms with E-state index in [-0.39, 0.29) is 25.2 Å². The van der Waals surface area contributed by atoms with Gasteiger partial charge in [0.1, 0.15) is 18.1 Å². The number of likely N-dealkylation sites (tertiary alicyclic amines) is 1. The maximum Gasteiger partial charge on any atom is 0.326 e. The zero-order valence-corrected chi connectivity index (χ0v) is 19.3. The van der Waals surface area contributed by atoms with E-state index in [0.717, 1.165) is 5.56 Å². The minimum atomic E-state index is -1.30. The molecule has 2 rings (SSSR count). The Morgan fingerprint density at radius 2 is 1.82 bits per heavy atom. The molecule has 4 N–H and O–H groups in total. The highest BCUT2D eigenvalue weighted by Gasteiger charge is 2.36. The van der Waals surface area contributed by atoms with E-state index in [1.165, 1.54) is 18.9 Å². The van der Waals surface area contributed by atoms with Crippen LogP contribution in [0.5, 0.6) is 0 Å². The third kappa shape index (κ3) is 7.62. The van der Waals surface area contributed by atoms with Crippen molar-refractivity contribution in [2.45, 2.75) is 57.2 Å². The molecule has 182 valence electrons. The quantitative estimate of drug-likeness (QED) is 0.349. The van der Waals surface area contributed by atoms with Gasteiger partial charge in [0.05, 0.1) is 0 Å². The van der Waals surface area contributed by atoms with E-state index in [4.69, 9.17) is 0 Å². The number of hydrogen-bond acceptors (Lipinski definition) is 5. The summed E-state index contributed by atoms with van der Waals surface area (Å²) < 4.78 is 0. The van der Waals surface area contributed by atoms with Crippen molar-refractivity contribution in [1.29, 1.82) is 0 Å². The summed E-state index contributed by atoms with van der Waals surface area (Å²) in [6, 6.07) is 5.82. The van der Waals surface area contributed by atoms with E-state index in [2.05, 4.69) is 27.8 Å². The summed E-state index contributed by atoms with van der Waals surface area (Å²) in [5, 5.41) is 17.0. The first kappa shape index (κ1) is 26.4. The van der Waals surface area contributed by atoms with Crippen LogP contribution in [0.2, 0.25) is 0 Å². The number of benzene rings is 1. The Labute approximate surface area is 198 Å². The van der Waals surface area contributed by atoms with Gasteiger partial charge in [0.25, 0.3) is 5.91 Å². The van der Waals surface area contributed by atoms with E-state index in [1.807, 2.05) is 6.07 Å². The molecule has 1 aliphatic rings. The number of carbonyl (C=O) groups is 5. The molecule has 10 nitrogen and oxygen atoms in total. The molecule has 0 aromatic heterocycles. The lowest BCUT2D eigenvalue weighted by atomic mass is 10.0. The number of nitrogens with one attached hydrogen (secondary N) is 3. The predicted octanol–water partition coefficient (Wildman–Crippen LogP) is -0.176. The zero-order valence-electron chi connectivity index (χ0n) is 19.3. The van der Waals surface area contributed by atoms with Crippen LogP contribution < -0.4 is 16.0 Å². The van der Waals surface area contributed by atoms with Gasteiger partial charge in [-0.3, -0.25) is 19.2 Å². The lowest BCUT2D eigenvalue weighted by Gasteiger charge is -2.26. The van der Waals surface area contributed by atoms with Gasteiger partial charge >= 0.3 is 5.97 Å². The monoisotopic (exact) mass is 470 g/mol. The smallest absolute Gasteiger partial charge is 0.326 e. The van der Waals surface area contributed by atoms with E-state index >= 15 is 0 Å². The summed E-state index contributed by atoms with van der Waals surface area (Å²) >= 11 is 0. The standard InChI is InChI=1S/C24H30N4O6/c1-3-8-21(30)28-14-7-11-19(28)23(32)27-18(15-16-9-5-4-6-10-16)22(31)26-17(24(33)34)12-13-20(29)25-2/h4-6,9-10,17-19H,7,11-15H2,1-2H3,(H,25,29)(H,26,31)(H,27,32)(H,33,34)/t17-,18-,19-/m0/s1. The van der Waals surface area contributed by atoms with Gasteiger partial charge in [0, 0.05) is 26.4 Å². The molecule has 1 aromatic carbocycles. The molecule has 0 radical (unpaired) electrons. The molecule has 3 atom stereocenters. The van der Waals surface area contributed by atoms with Crippen molar-refractivity contribution in [3.8, 4) is 11.8 Å². The van der Waals surface area contributed by atoms with Gasteiger partial charge in [-0.2, -0.15) is 0 Å². The van der Waals surface area contributed by atoms with Crippen molar-refractivity contribution in [3.63, 3.8) is 0 Å². The molecule has 34 heavy (non-hydrogen) atoms. The van der Waals surface area contributed by atoms with Crippen LogP contribution in [-0.2, 0) is 30.4 Å². The second kappa shape index (κ2) is 13.0. The summed E-state index contributed by atoms with van der Waals surface area (Å²) in [7, 11) is 1.44. The molecular weight excluding hydrogens is 440 g/mol. The molecule has 1 aliphatic heterocycles. The second-order valence-electron chi connectivity index (χ2n) is 7.89. The van der Waals surface area contributed by atoms with Gasteiger partial charge in [0.2, 0.25) is 17.7 Å². The van der Waals surface area contributed by atoms with Crippen LogP contribution in [0.3, 0.4) is 0 Å². The van der Waals surface area contributed by atoms with Gasteiger partial charge in [-0.05, 0) is 37.7 Å². The van der Waals surface area contributed by atoms with Gasteiger partial charge in [0.15, 0.2) is 0 Å². The molecular formula is C24H30N4O6. The topological polar surface area (TPSA) is 145 Å². The Morgan fingerprint density at radius 1 is 1.12 bits per heavy atom. The van der Waals surface area contributed by atoms with Crippen molar-refractivity contribution in [1.82, 2.24) is 20.9 Å². The molecule has 1 saturated heterocycles. The number of rotatable bonds is 10. The van der Waals surface area contributed by atoms with Crippen LogP contribution in [0.15, 0.2) is 30.3 Å². The summed E-state index contributed by atoms with van der Waals surface area (Å²) in [5.41, 5.74) is 0.761. The minimum Gasteiger partial charge on any atom is -0.480 e. The Morgan fingerprint density at radius 3 is 2.44 bits per heavy atom. The third-order valence-electron chi connectivity index (χ3n) is 5.52. The number of carbonyl (C=O) groups excluding carboxylic acids is 4. The summed E-state index contributed by atoms with van der Waals surface area (Å²) in [5.74, 6) is 1.68. The van der Waals surface area contributed by atoms with Crippen molar-refractivity contribution < 1.29 is 29.1 Å². The number of aliphatic carboxylic acids is 1. The first-order valence-electron chi connectivity index (χ1n) is 11.1. The van der Waals surface area contributed by atoms with Crippen LogP contribution in [0.25, 0.3) is 0 Å². The fourth-order valence-corrected chi connectivity index (χ4v) is 3.72. The highest BCUT2D eigenvalue weighted by Crippen LogP contribution is 2.18. The van der Waals surface area contributed by atoms with E-state index in [0.29, 0.717) is 19.4 Å². The molecule has 1 fully saturated rings. The Balaban J connectivity index is 2.18. The molecule has 0 spiro atoms. The van der Waals surface area contributed by atoms with Crippen LogP contribution in [0.4, 0.5) is 0 Å². The van der Waals surface area contributed by atoms with Gasteiger partial charge in [-0.1, -0.05) is 36.3 Å². The van der Waals surface area contributed by atoms with Crippen molar-refractivity contribution >= 4 is 29.6 Å². The summed E-state index contributed by atoms with van der Waals surface area (Å²) in [6.45, 7) is 1.92. The molecule has 1 heterocycles. The molecule has 4 amide bonds. The fraction of sp³-hybridized carbons (Fsp3) is 0.458. The first-order valence-corrected chi connectivity index (χ1v) is 11.1. The Hall–Kier alpha value is -3.87. The number of amides is 4. The molecule has 10 heteroatoms. The van der Waals surface area contributed by atoms with Crippen LogP contribution in [0.1, 0.15) is 38.2 Å². The highest BCUT2D eigenvalue weighted by molar-refractivity contribution is 5.98. The lowest BCUT2D eigenvalue weighted by Crippen LogP contribution is -2.56. The average Bonchev–Trinajstić information content (AvgIpc) is 3.32. The molecule has 1 aromatic rings. The average molecular weight is 471 g/mol. The SMILES string of the molecule is CC#CC(=O)N1CCC[C@H]1C(=O)N[C@@H](Cc1ccccc1)C(=O)N[C@@H](CCC(=O)NC)C(=O)O. The predicted molar refractivity (Wildman–Crippen MR) is 123 cm³/mol. The minimum absolute atomic E-state index is 0.0823. The van der Waals surface area contributed by atoms with Crippen molar-refractivity contribution in [3.05, 3.63) is 35.9 Å². The van der Waals surface area contributed by atoms with Gasteiger partial charge in [-0.15, -0.1) is 0 Å². The second-order valence-corrected chi connectivity index (χ2v) is 7.89. The van der Waals surface area contributed by atoms with Crippen molar-refractivity contribution in [2.24, 2.45) is 0 Å². The zero-order chi connectivity index (χ0) is 25.1. The number of nitrogens with zero attached hydrogens (tertiary/aromatic N) is 1. The van der Waals surface area contributed by atoms with Crippen LogP contribution >= 0.6 is 0 Å². The molecule has 0 saturated carbocycles. The lowest BCUT2D eigenvalue weighted by molar-refractivity contribution is -0.143. The largest absolute Gasteiger partial charge is 0.480 e.